The third kappa shape index (κ3) is 2.90. The van der Waals surface area contributed by atoms with Crippen LogP contribution in [0.2, 0.25) is 0 Å². The predicted molar refractivity (Wildman–Crippen MR) is 81.8 cm³/mol. The third-order valence-corrected chi connectivity index (χ3v) is 4.52. The van der Waals surface area contributed by atoms with E-state index >= 15 is 0 Å². The van der Waals surface area contributed by atoms with Crippen LogP contribution in [0.5, 0.6) is 0 Å². The van der Waals surface area contributed by atoms with Crippen LogP contribution in [0.4, 0.5) is 0 Å². The molecule has 0 aliphatic heterocycles. The van der Waals surface area contributed by atoms with Gasteiger partial charge in [0, 0.05) is 34.1 Å². The van der Waals surface area contributed by atoms with Crippen molar-refractivity contribution in [1.29, 1.82) is 0 Å². The van der Waals surface area contributed by atoms with Gasteiger partial charge in [0.15, 0.2) is 0 Å². The highest BCUT2D eigenvalue weighted by Crippen LogP contribution is 2.31. The maximum atomic E-state index is 6.38. The van der Waals surface area contributed by atoms with Crippen LogP contribution in [0.15, 0.2) is 24.5 Å². The number of thiophene rings is 1. The minimum Gasteiger partial charge on any atom is -0.326 e. The van der Waals surface area contributed by atoms with Gasteiger partial charge >= 0.3 is 0 Å². The molecule has 19 heavy (non-hydrogen) atoms. The first-order valence-electron chi connectivity index (χ1n) is 6.89. The number of imidazole rings is 1. The van der Waals surface area contributed by atoms with E-state index in [0.717, 1.165) is 12.2 Å². The Labute approximate surface area is 119 Å². The van der Waals surface area contributed by atoms with E-state index in [1.54, 1.807) is 0 Å². The zero-order valence-electron chi connectivity index (χ0n) is 12.1. The van der Waals surface area contributed by atoms with Crippen molar-refractivity contribution in [1.82, 2.24) is 9.55 Å². The summed E-state index contributed by atoms with van der Waals surface area (Å²) in [7, 11) is 0. The lowest BCUT2D eigenvalue weighted by molar-refractivity contribution is 0.445. The fraction of sp³-hybridized carbons (Fsp3) is 0.533. The first kappa shape index (κ1) is 14.3. The van der Waals surface area contributed by atoms with Gasteiger partial charge < -0.3 is 10.3 Å². The molecule has 2 unspecified atom stereocenters. The summed E-state index contributed by atoms with van der Waals surface area (Å²) in [5, 5.41) is 0. The Balaban J connectivity index is 2.46. The van der Waals surface area contributed by atoms with Crippen molar-refractivity contribution in [2.75, 3.05) is 0 Å². The largest absolute Gasteiger partial charge is 0.326 e. The first-order chi connectivity index (χ1) is 9.04. The summed E-state index contributed by atoms with van der Waals surface area (Å²) in [6.07, 6.45) is 4.90. The highest BCUT2D eigenvalue weighted by atomic mass is 32.1. The number of aryl methyl sites for hydroxylation is 1. The van der Waals surface area contributed by atoms with E-state index in [0.29, 0.717) is 5.92 Å². The fourth-order valence-electron chi connectivity index (χ4n) is 2.40. The lowest BCUT2D eigenvalue weighted by atomic mass is 10.0. The molecule has 0 saturated carbocycles. The fourth-order valence-corrected chi connectivity index (χ4v) is 3.45. The summed E-state index contributed by atoms with van der Waals surface area (Å²) in [5.41, 5.74) is 6.38. The summed E-state index contributed by atoms with van der Waals surface area (Å²) in [6, 6.07) is 4.68. The van der Waals surface area contributed by atoms with Crippen molar-refractivity contribution in [2.45, 2.75) is 52.1 Å². The van der Waals surface area contributed by atoms with Crippen LogP contribution in [0.25, 0.3) is 0 Å². The normalized spacial score (nSPS) is 14.8. The molecule has 0 saturated heterocycles. The maximum absolute atomic E-state index is 6.38. The Morgan fingerprint density at radius 1 is 1.37 bits per heavy atom. The summed E-state index contributed by atoms with van der Waals surface area (Å²) in [6.45, 7) is 8.63. The average Bonchev–Trinajstić information content (AvgIpc) is 2.99. The topological polar surface area (TPSA) is 43.8 Å². The molecule has 3 nitrogen and oxygen atoms in total. The lowest BCUT2D eigenvalue weighted by Gasteiger charge is -2.26. The molecule has 2 rings (SSSR count). The second-order valence-corrected chi connectivity index (χ2v) is 6.63. The highest BCUT2D eigenvalue weighted by Gasteiger charge is 2.24. The summed E-state index contributed by atoms with van der Waals surface area (Å²) in [5.74, 6) is 1.52. The smallest absolute Gasteiger partial charge is 0.111 e. The van der Waals surface area contributed by atoms with Gasteiger partial charge in [-0.05, 0) is 25.5 Å². The highest BCUT2D eigenvalue weighted by molar-refractivity contribution is 7.12. The van der Waals surface area contributed by atoms with Crippen LogP contribution >= 0.6 is 11.3 Å². The van der Waals surface area contributed by atoms with Crippen LogP contribution in [-0.4, -0.2) is 15.6 Å². The number of hydrogen-bond acceptors (Lipinski definition) is 3. The van der Waals surface area contributed by atoms with Gasteiger partial charge in [-0.25, -0.2) is 4.98 Å². The molecule has 4 heteroatoms. The summed E-state index contributed by atoms with van der Waals surface area (Å²) < 4.78 is 2.25. The van der Waals surface area contributed by atoms with E-state index in [4.69, 9.17) is 5.73 Å². The van der Waals surface area contributed by atoms with Gasteiger partial charge in [-0.15, -0.1) is 11.3 Å². The van der Waals surface area contributed by atoms with E-state index < -0.39 is 0 Å². The van der Waals surface area contributed by atoms with Crippen LogP contribution in [-0.2, 0) is 0 Å². The Morgan fingerprint density at radius 2 is 2.11 bits per heavy atom. The number of nitrogens with zero attached hydrogens (tertiary/aromatic N) is 2. The SMILES string of the molecule is CCC(N)C(c1ccc(C)s1)n1ccnc1C(C)C. The molecule has 2 aromatic rings. The van der Waals surface area contributed by atoms with Crippen molar-refractivity contribution >= 4 is 11.3 Å². The molecular weight excluding hydrogens is 254 g/mol. The molecule has 0 fully saturated rings. The monoisotopic (exact) mass is 277 g/mol. The molecule has 0 amide bonds. The van der Waals surface area contributed by atoms with Gasteiger partial charge in [0.1, 0.15) is 5.82 Å². The quantitative estimate of drug-likeness (QED) is 0.905. The number of nitrogens with two attached hydrogens (primary N) is 1. The third-order valence-electron chi connectivity index (χ3n) is 3.44. The lowest BCUT2D eigenvalue weighted by Crippen LogP contribution is -2.32. The van der Waals surface area contributed by atoms with Crippen LogP contribution < -0.4 is 5.73 Å². The van der Waals surface area contributed by atoms with E-state index in [1.807, 2.05) is 17.5 Å². The summed E-state index contributed by atoms with van der Waals surface area (Å²) in [4.78, 5) is 7.15. The maximum Gasteiger partial charge on any atom is 0.111 e. The molecule has 0 radical (unpaired) electrons. The van der Waals surface area contributed by atoms with E-state index in [2.05, 4.69) is 55.6 Å². The van der Waals surface area contributed by atoms with E-state index in [-0.39, 0.29) is 12.1 Å². The Kier molecular flexibility index (Phi) is 4.42. The van der Waals surface area contributed by atoms with Crippen molar-refractivity contribution in [3.63, 3.8) is 0 Å². The Morgan fingerprint density at radius 3 is 2.63 bits per heavy atom. The van der Waals surface area contributed by atoms with Crippen LogP contribution in [0.1, 0.15) is 54.7 Å². The second-order valence-electron chi connectivity index (χ2n) is 5.31. The molecule has 0 aliphatic carbocycles. The predicted octanol–water partition coefficient (Wildman–Crippen LogP) is 3.70. The molecule has 2 N–H and O–H groups in total. The molecular formula is C15H23N3S. The molecule has 0 aromatic carbocycles. The number of hydrogen-bond donors (Lipinski definition) is 1. The van der Waals surface area contributed by atoms with Crippen LogP contribution in [0.3, 0.4) is 0 Å². The van der Waals surface area contributed by atoms with Gasteiger partial charge in [-0.1, -0.05) is 20.8 Å². The molecule has 0 spiro atoms. The molecule has 2 heterocycles. The number of aromatic nitrogens is 2. The molecule has 0 aliphatic rings. The van der Waals surface area contributed by atoms with E-state index in [1.165, 1.54) is 9.75 Å². The molecule has 2 aromatic heterocycles. The van der Waals surface area contributed by atoms with Crippen molar-refractivity contribution in [3.05, 3.63) is 40.1 Å². The second kappa shape index (κ2) is 5.88. The van der Waals surface area contributed by atoms with Crippen molar-refractivity contribution in [3.8, 4) is 0 Å². The standard InChI is InChI=1S/C15H23N3S/c1-5-12(16)14(13-7-6-11(4)19-13)18-9-8-17-15(18)10(2)3/h6-10,12,14H,5,16H2,1-4H3. The van der Waals surface area contributed by atoms with Gasteiger partial charge in [0.05, 0.1) is 6.04 Å². The molecule has 2 atom stereocenters. The van der Waals surface area contributed by atoms with Gasteiger partial charge in [-0.2, -0.15) is 0 Å². The average molecular weight is 277 g/mol. The van der Waals surface area contributed by atoms with Gasteiger partial charge in [-0.3, -0.25) is 0 Å². The summed E-state index contributed by atoms with van der Waals surface area (Å²) >= 11 is 1.83. The Bertz CT molecular complexity index is 527. The first-order valence-corrected chi connectivity index (χ1v) is 7.70. The zero-order chi connectivity index (χ0) is 14.0. The van der Waals surface area contributed by atoms with E-state index in [9.17, 15) is 0 Å². The minimum atomic E-state index is 0.116. The van der Waals surface area contributed by atoms with Crippen molar-refractivity contribution < 1.29 is 0 Å². The number of rotatable bonds is 5. The van der Waals surface area contributed by atoms with Gasteiger partial charge in [0.25, 0.3) is 0 Å². The minimum absolute atomic E-state index is 0.116. The molecule has 0 bridgehead atoms. The van der Waals surface area contributed by atoms with Crippen LogP contribution in [0, 0.1) is 6.92 Å². The van der Waals surface area contributed by atoms with Gasteiger partial charge in [0.2, 0.25) is 0 Å². The zero-order valence-corrected chi connectivity index (χ0v) is 12.9. The molecule has 104 valence electrons. The Hall–Kier alpha value is -1.13. The van der Waals surface area contributed by atoms with Crippen molar-refractivity contribution in [2.24, 2.45) is 5.73 Å².